The quantitative estimate of drug-likeness (QED) is 0.380. The third-order valence-corrected chi connectivity index (χ3v) is 6.24. The number of aromatic nitrogens is 2. The number of aromatic amines is 1. The summed E-state index contributed by atoms with van der Waals surface area (Å²) in [4.78, 5) is 34.1. The number of H-pyrrole nitrogens is 1. The second kappa shape index (κ2) is 7.48. The molecule has 0 amide bonds. The second-order valence-electron chi connectivity index (χ2n) is 6.78. The van der Waals surface area contributed by atoms with Crippen LogP contribution in [0.25, 0.3) is 21.3 Å². The molecule has 7 heteroatoms. The summed E-state index contributed by atoms with van der Waals surface area (Å²) in [6.45, 7) is 9.64. The highest BCUT2D eigenvalue weighted by Crippen LogP contribution is 2.37. The summed E-state index contributed by atoms with van der Waals surface area (Å²) in [6.07, 6.45) is 0. The summed E-state index contributed by atoms with van der Waals surface area (Å²) >= 11 is 2.69. The number of thioether (sulfide) groups is 1. The first-order valence-electron chi connectivity index (χ1n) is 8.69. The number of carbonyl (C=O) groups is 1. The monoisotopic (exact) mass is 402 g/mol. The number of thiophene rings is 1. The summed E-state index contributed by atoms with van der Waals surface area (Å²) in [5.74, 6) is -0.333. The number of fused-ring (bicyclic) bond motifs is 1. The number of hydrogen-bond acceptors (Lipinski definition) is 6. The van der Waals surface area contributed by atoms with Crippen molar-refractivity contribution in [3.05, 3.63) is 45.1 Å². The van der Waals surface area contributed by atoms with Crippen molar-refractivity contribution in [3.63, 3.8) is 0 Å². The van der Waals surface area contributed by atoms with Crippen molar-refractivity contribution in [1.82, 2.24) is 9.97 Å². The molecule has 3 aromatic rings. The van der Waals surface area contributed by atoms with Gasteiger partial charge in [0.15, 0.2) is 5.16 Å². The zero-order valence-corrected chi connectivity index (χ0v) is 17.6. The Kier molecular flexibility index (Phi) is 5.44. The molecule has 0 bridgehead atoms. The molecule has 0 unspecified atom stereocenters. The highest BCUT2D eigenvalue weighted by molar-refractivity contribution is 8.01. The van der Waals surface area contributed by atoms with Crippen LogP contribution in [-0.2, 0) is 9.53 Å². The van der Waals surface area contributed by atoms with Gasteiger partial charge in [0.1, 0.15) is 9.58 Å². The van der Waals surface area contributed by atoms with Gasteiger partial charge in [0.25, 0.3) is 5.56 Å². The van der Waals surface area contributed by atoms with E-state index in [0.717, 1.165) is 16.0 Å². The molecule has 27 heavy (non-hydrogen) atoms. The first kappa shape index (κ1) is 19.6. The minimum Gasteiger partial charge on any atom is -0.465 e. The van der Waals surface area contributed by atoms with E-state index in [1.165, 1.54) is 28.7 Å². The average Bonchev–Trinajstić information content (AvgIpc) is 2.92. The van der Waals surface area contributed by atoms with E-state index >= 15 is 0 Å². The van der Waals surface area contributed by atoms with E-state index in [2.05, 4.69) is 9.97 Å². The molecule has 1 aromatic carbocycles. The van der Waals surface area contributed by atoms with E-state index in [-0.39, 0.29) is 11.5 Å². The molecule has 142 valence electrons. The predicted molar refractivity (Wildman–Crippen MR) is 112 cm³/mol. The highest BCUT2D eigenvalue weighted by atomic mass is 32.2. The van der Waals surface area contributed by atoms with Crippen LogP contribution in [0.5, 0.6) is 0 Å². The molecule has 0 aliphatic carbocycles. The zero-order valence-electron chi connectivity index (χ0n) is 16.0. The summed E-state index contributed by atoms with van der Waals surface area (Å²) in [6, 6.07) is 8.11. The minimum absolute atomic E-state index is 0.193. The van der Waals surface area contributed by atoms with Gasteiger partial charge in [-0.05, 0) is 40.2 Å². The van der Waals surface area contributed by atoms with Gasteiger partial charge in [-0.2, -0.15) is 0 Å². The molecule has 0 aliphatic rings. The summed E-state index contributed by atoms with van der Waals surface area (Å²) in [7, 11) is 0. The van der Waals surface area contributed by atoms with Crippen LogP contribution < -0.4 is 5.56 Å². The van der Waals surface area contributed by atoms with E-state index in [9.17, 15) is 9.59 Å². The Labute approximate surface area is 166 Å². The molecule has 0 fully saturated rings. The fourth-order valence-electron chi connectivity index (χ4n) is 2.80. The molecule has 2 heterocycles. The van der Waals surface area contributed by atoms with E-state index in [1.807, 2.05) is 38.1 Å². The van der Waals surface area contributed by atoms with Crippen molar-refractivity contribution in [1.29, 1.82) is 0 Å². The maximum atomic E-state index is 12.8. The van der Waals surface area contributed by atoms with E-state index in [0.29, 0.717) is 22.0 Å². The maximum absolute atomic E-state index is 12.8. The van der Waals surface area contributed by atoms with Crippen LogP contribution in [0.4, 0.5) is 0 Å². The van der Waals surface area contributed by atoms with Gasteiger partial charge in [-0.25, -0.2) is 4.98 Å². The number of nitrogens with one attached hydrogen (secondary N) is 1. The number of ether oxygens (including phenoxy) is 1. The third kappa shape index (κ3) is 3.94. The smallest absolute Gasteiger partial charge is 0.322 e. The average molecular weight is 403 g/mol. The number of carbonyl (C=O) groups excluding carboxylic acids is 1. The number of rotatable bonds is 5. The number of hydrogen-bond donors (Lipinski definition) is 1. The molecule has 0 aliphatic heterocycles. The lowest BCUT2D eigenvalue weighted by Gasteiger charge is -2.20. The van der Waals surface area contributed by atoms with Gasteiger partial charge in [-0.15, -0.1) is 11.3 Å². The van der Waals surface area contributed by atoms with E-state index in [1.54, 1.807) is 20.8 Å². The van der Waals surface area contributed by atoms with Crippen molar-refractivity contribution >= 4 is 39.3 Å². The first-order valence-corrected chi connectivity index (χ1v) is 10.3. The Morgan fingerprint density at radius 1 is 1.26 bits per heavy atom. The maximum Gasteiger partial charge on any atom is 0.322 e. The van der Waals surface area contributed by atoms with E-state index < -0.39 is 4.75 Å². The van der Waals surface area contributed by atoms with Crippen LogP contribution in [0.1, 0.15) is 31.2 Å². The van der Waals surface area contributed by atoms with Crippen LogP contribution in [0.2, 0.25) is 0 Å². The molecular weight excluding hydrogens is 380 g/mol. The predicted octanol–water partition coefficient (Wildman–Crippen LogP) is 4.70. The lowest BCUT2D eigenvalue weighted by Crippen LogP contribution is -2.30. The fourth-order valence-corrected chi connectivity index (χ4v) is 4.81. The van der Waals surface area contributed by atoms with Gasteiger partial charge in [-0.3, -0.25) is 9.59 Å². The normalized spacial score (nSPS) is 11.7. The minimum atomic E-state index is -0.842. The third-order valence-electron chi connectivity index (χ3n) is 4.18. The van der Waals surface area contributed by atoms with Gasteiger partial charge in [0, 0.05) is 10.4 Å². The Hall–Kier alpha value is -2.12. The SMILES string of the molecule is CCOC(=O)C(C)(C)Sc1nc2sc(C)c(-c3ccc(C)cc3)c2c(=O)[nH]1. The molecule has 0 spiro atoms. The van der Waals surface area contributed by atoms with E-state index in [4.69, 9.17) is 4.74 Å². The molecule has 0 atom stereocenters. The molecule has 1 N–H and O–H groups in total. The highest BCUT2D eigenvalue weighted by Gasteiger charge is 2.32. The Balaban J connectivity index is 2.05. The summed E-state index contributed by atoms with van der Waals surface area (Å²) in [5, 5.41) is 1.02. The summed E-state index contributed by atoms with van der Waals surface area (Å²) in [5.41, 5.74) is 2.90. The second-order valence-corrected chi connectivity index (χ2v) is 9.60. The standard InChI is InChI=1S/C20H22N2O3S2/c1-6-25-18(24)20(4,5)27-19-21-16(23)15-14(12(3)26-17(15)22-19)13-9-7-11(2)8-10-13/h7-10H,6H2,1-5H3,(H,21,22,23). The molecule has 5 nitrogen and oxygen atoms in total. The van der Waals surface area contributed by atoms with Crippen LogP contribution in [0, 0.1) is 13.8 Å². The zero-order chi connectivity index (χ0) is 19.8. The lowest BCUT2D eigenvalue weighted by molar-refractivity contribution is -0.145. The number of aryl methyl sites for hydroxylation is 2. The Bertz CT molecular complexity index is 1050. The molecule has 0 saturated carbocycles. The lowest BCUT2D eigenvalue weighted by atomic mass is 10.0. The topological polar surface area (TPSA) is 72.0 Å². The van der Waals surface area contributed by atoms with Gasteiger partial charge in [0.05, 0.1) is 12.0 Å². The first-order chi connectivity index (χ1) is 12.7. The van der Waals surface area contributed by atoms with Gasteiger partial charge in [-0.1, -0.05) is 41.6 Å². The number of benzene rings is 1. The Morgan fingerprint density at radius 3 is 2.56 bits per heavy atom. The molecule has 0 saturated heterocycles. The molecule has 2 aromatic heterocycles. The van der Waals surface area contributed by atoms with Crippen molar-refractivity contribution in [2.45, 2.75) is 44.5 Å². The van der Waals surface area contributed by atoms with Crippen molar-refractivity contribution in [2.24, 2.45) is 0 Å². The van der Waals surface area contributed by atoms with Crippen LogP contribution in [-0.4, -0.2) is 27.3 Å². The molecule has 0 radical (unpaired) electrons. The van der Waals surface area contributed by atoms with Gasteiger partial charge < -0.3 is 9.72 Å². The van der Waals surface area contributed by atoms with Crippen molar-refractivity contribution < 1.29 is 9.53 Å². The van der Waals surface area contributed by atoms with Crippen molar-refractivity contribution in [2.75, 3.05) is 6.61 Å². The Morgan fingerprint density at radius 2 is 1.93 bits per heavy atom. The van der Waals surface area contributed by atoms with Crippen LogP contribution in [0.15, 0.2) is 34.2 Å². The molecular formula is C20H22N2O3S2. The van der Waals surface area contributed by atoms with Crippen LogP contribution >= 0.6 is 23.1 Å². The number of nitrogens with zero attached hydrogens (tertiary/aromatic N) is 1. The summed E-state index contributed by atoms with van der Waals surface area (Å²) < 4.78 is 4.27. The number of esters is 1. The van der Waals surface area contributed by atoms with Gasteiger partial charge >= 0.3 is 5.97 Å². The largest absolute Gasteiger partial charge is 0.465 e. The van der Waals surface area contributed by atoms with Gasteiger partial charge in [0.2, 0.25) is 0 Å². The van der Waals surface area contributed by atoms with Crippen LogP contribution in [0.3, 0.4) is 0 Å². The fraction of sp³-hybridized carbons (Fsp3) is 0.350. The molecule has 3 rings (SSSR count). The van der Waals surface area contributed by atoms with Crippen molar-refractivity contribution in [3.8, 4) is 11.1 Å².